The van der Waals surface area contributed by atoms with Crippen LogP contribution < -0.4 is 16.4 Å². The number of anilines is 2. The van der Waals surface area contributed by atoms with Gasteiger partial charge in [0.2, 0.25) is 5.95 Å². The van der Waals surface area contributed by atoms with Gasteiger partial charge in [-0.1, -0.05) is 25.3 Å². The molecule has 10 heteroatoms. The Kier molecular flexibility index (Phi) is 7.98. The molecular formula is C25H24F3N7. The first kappa shape index (κ1) is 25.2. The van der Waals surface area contributed by atoms with Crippen LogP contribution in [-0.4, -0.2) is 28.2 Å². The molecule has 3 aromatic rings. The fraction of sp³-hybridized carbons (Fsp3) is 0.120. The third-order valence-electron chi connectivity index (χ3n) is 4.80. The average molecular weight is 480 g/mol. The molecule has 0 atom stereocenters. The molecule has 1 aromatic carbocycles. The highest BCUT2D eigenvalue weighted by atomic mass is 19.4. The number of hydrogen-bond donors (Lipinski definition) is 3. The van der Waals surface area contributed by atoms with Crippen LogP contribution in [0.25, 0.3) is 11.1 Å². The summed E-state index contributed by atoms with van der Waals surface area (Å²) in [6, 6.07) is 8.54. The highest BCUT2D eigenvalue weighted by Gasteiger charge is 2.31. The number of hydrogen-bond acceptors (Lipinski definition) is 7. The molecule has 180 valence electrons. The molecule has 0 saturated carbocycles. The maximum Gasteiger partial charge on any atom is 0.417 e. The molecule has 0 saturated heterocycles. The van der Waals surface area contributed by atoms with Crippen molar-refractivity contribution in [3.8, 4) is 11.1 Å². The smallest absolute Gasteiger partial charge is 0.403 e. The summed E-state index contributed by atoms with van der Waals surface area (Å²) in [7, 11) is 1.59. The van der Waals surface area contributed by atoms with Crippen molar-refractivity contribution in [3.63, 3.8) is 0 Å². The highest BCUT2D eigenvalue weighted by Crippen LogP contribution is 2.33. The predicted octanol–water partition coefficient (Wildman–Crippen LogP) is 5.17. The SMILES string of the molecule is C=CC(=C)Nc1cccc(Cc2nc(N/C(C=NC)=C/N)ncc2-c2cncc(C(F)(F)F)c2)c1. The van der Waals surface area contributed by atoms with E-state index in [4.69, 9.17) is 5.73 Å². The van der Waals surface area contributed by atoms with E-state index in [1.165, 1.54) is 24.8 Å². The largest absolute Gasteiger partial charge is 0.417 e. The van der Waals surface area contributed by atoms with Gasteiger partial charge in [0.15, 0.2) is 0 Å². The molecule has 2 heterocycles. The summed E-state index contributed by atoms with van der Waals surface area (Å²) in [6.45, 7) is 7.52. The Morgan fingerprint density at radius 3 is 2.66 bits per heavy atom. The Morgan fingerprint density at radius 2 is 1.97 bits per heavy atom. The molecule has 7 nitrogen and oxygen atoms in total. The number of benzene rings is 1. The van der Waals surface area contributed by atoms with Crippen molar-refractivity contribution in [1.82, 2.24) is 15.0 Å². The quantitative estimate of drug-likeness (QED) is 0.289. The lowest BCUT2D eigenvalue weighted by atomic mass is 10.0. The van der Waals surface area contributed by atoms with E-state index in [2.05, 4.69) is 43.7 Å². The highest BCUT2D eigenvalue weighted by molar-refractivity contribution is 5.82. The number of halogens is 3. The fourth-order valence-electron chi connectivity index (χ4n) is 3.17. The lowest BCUT2D eigenvalue weighted by Crippen LogP contribution is -2.10. The zero-order chi connectivity index (χ0) is 25.4. The molecule has 0 aliphatic rings. The average Bonchev–Trinajstić information content (AvgIpc) is 2.83. The minimum atomic E-state index is -4.53. The van der Waals surface area contributed by atoms with Gasteiger partial charge in [-0.05, 0) is 29.8 Å². The van der Waals surface area contributed by atoms with E-state index in [9.17, 15) is 13.2 Å². The molecule has 0 aliphatic heterocycles. The summed E-state index contributed by atoms with van der Waals surface area (Å²) in [5, 5.41) is 6.07. The van der Waals surface area contributed by atoms with Gasteiger partial charge in [0.05, 0.1) is 17.0 Å². The van der Waals surface area contributed by atoms with E-state index in [0.717, 1.165) is 23.5 Å². The van der Waals surface area contributed by atoms with Crippen LogP contribution in [-0.2, 0) is 12.6 Å². The van der Waals surface area contributed by atoms with Crippen molar-refractivity contribution in [1.29, 1.82) is 0 Å². The van der Waals surface area contributed by atoms with E-state index >= 15 is 0 Å². The van der Waals surface area contributed by atoms with Crippen LogP contribution in [0, 0.1) is 0 Å². The predicted molar refractivity (Wildman–Crippen MR) is 133 cm³/mol. The summed E-state index contributed by atoms with van der Waals surface area (Å²) in [5.41, 5.74) is 8.66. The molecule has 35 heavy (non-hydrogen) atoms. The number of alkyl halides is 3. The number of nitrogens with zero attached hydrogens (tertiary/aromatic N) is 4. The van der Waals surface area contributed by atoms with Gasteiger partial charge >= 0.3 is 6.18 Å². The fourth-order valence-corrected chi connectivity index (χ4v) is 3.17. The van der Waals surface area contributed by atoms with Crippen LogP contribution in [0.4, 0.5) is 24.8 Å². The maximum absolute atomic E-state index is 13.3. The molecule has 3 rings (SSSR count). The molecule has 0 aliphatic carbocycles. The molecular weight excluding hydrogens is 455 g/mol. The first-order chi connectivity index (χ1) is 16.7. The Bertz CT molecular complexity index is 1280. The second-order valence-electron chi connectivity index (χ2n) is 7.38. The molecule has 0 spiro atoms. The molecule has 0 fully saturated rings. The van der Waals surface area contributed by atoms with Crippen LogP contribution in [0.2, 0.25) is 0 Å². The van der Waals surface area contributed by atoms with Crippen LogP contribution in [0.3, 0.4) is 0 Å². The van der Waals surface area contributed by atoms with Gasteiger partial charge < -0.3 is 16.4 Å². The second-order valence-corrected chi connectivity index (χ2v) is 7.38. The third kappa shape index (κ3) is 6.76. The monoisotopic (exact) mass is 479 g/mol. The lowest BCUT2D eigenvalue weighted by molar-refractivity contribution is -0.137. The van der Waals surface area contributed by atoms with Gasteiger partial charge in [-0.3, -0.25) is 9.98 Å². The van der Waals surface area contributed by atoms with Crippen LogP contribution in [0.5, 0.6) is 0 Å². The van der Waals surface area contributed by atoms with Gasteiger partial charge in [0.25, 0.3) is 0 Å². The van der Waals surface area contributed by atoms with Gasteiger partial charge in [0.1, 0.15) is 0 Å². The lowest BCUT2D eigenvalue weighted by Gasteiger charge is -2.14. The minimum absolute atomic E-state index is 0.217. The van der Waals surface area contributed by atoms with Crippen LogP contribution >= 0.6 is 0 Å². The van der Waals surface area contributed by atoms with Crippen LogP contribution in [0.15, 0.2) is 90.7 Å². The Hall–Kier alpha value is -4.47. The molecule has 4 N–H and O–H groups in total. The number of nitrogens with two attached hydrogens (primary N) is 1. The van der Waals surface area contributed by atoms with E-state index in [-0.39, 0.29) is 11.5 Å². The Labute approximate surface area is 201 Å². The molecule has 0 bridgehead atoms. The van der Waals surface area contributed by atoms with Crippen molar-refractivity contribution >= 4 is 17.9 Å². The van der Waals surface area contributed by atoms with E-state index < -0.39 is 11.7 Å². The number of nitrogens with one attached hydrogen (secondary N) is 2. The first-order valence-electron chi connectivity index (χ1n) is 10.4. The summed E-state index contributed by atoms with van der Waals surface area (Å²) in [4.78, 5) is 16.5. The van der Waals surface area contributed by atoms with Crippen molar-refractivity contribution in [2.24, 2.45) is 10.7 Å². The Morgan fingerprint density at radius 1 is 1.17 bits per heavy atom. The standard InChI is InChI=1S/C25H24F3N7/c1-4-16(2)33-20-7-5-6-17(8-20)9-23-22(18-10-19(13-31-12-18)25(26,27)28)15-32-24(35-23)34-21(11-29)14-30-3/h4-8,10-15,33H,1-2,9,29H2,3H3,(H,32,34,35)/b21-11+,30-14?. The first-order valence-corrected chi connectivity index (χ1v) is 10.4. The number of aromatic nitrogens is 3. The summed E-state index contributed by atoms with van der Waals surface area (Å²) in [6.07, 6.45) is 3.77. The minimum Gasteiger partial charge on any atom is -0.403 e. The molecule has 2 aromatic heterocycles. The zero-order valence-corrected chi connectivity index (χ0v) is 19.0. The zero-order valence-electron chi connectivity index (χ0n) is 19.0. The number of pyridine rings is 1. The number of allylic oxidation sites excluding steroid dienone is 2. The van der Waals surface area contributed by atoms with Crippen molar-refractivity contribution < 1.29 is 13.2 Å². The summed E-state index contributed by atoms with van der Waals surface area (Å²) >= 11 is 0. The molecule has 0 unspecified atom stereocenters. The summed E-state index contributed by atoms with van der Waals surface area (Å²) < 4.78 is 39.9. The van der Waals surface area contributed by atoms with Crippen LogP contribution in [0.1, 0.15) is 16.8 Å². The van der Waals surface area contributed by atoms with E-state index in [1.54, 1.807) is 13.1 Å². The van der Waals surface area contributed by atoms with Gasteiger partial charge in [-0.2, -0.15) is 13.2 Å². The van der Waals surface area contributed by atoms with Gasteiger partial charge in [0, 0.05) is 67.0 Å². The Balaban J connectivity index is 2.06. The van der Waals surface area contributed by atoms with Gasteiger partial charge in [-0.15, -0.1) is 0 Å². The van der Waals surface area contributed by atoms with Crippen molar-refractivity contribution in [2.75, 3.05) is 17.7 Å². The second kappa shape index (κ2) is 11.1. The summed E-state index contributed by atoms with van der Waals surface area (Å²) in [5.74, 6) is 0.217. The third-order valence-corrected chi connectivity index (χ3v) is 4.80. The normalized spacial score (nSPS) is 11.9. The molecule has 0 radical (unpaired) electrons. The number of rotatable bonds is 9. The molecule has 0 amide bonds. The van der Waals surface area contributed by atoms with Crippen molar-refractivity contribution in [2.45, 2.75) is 12.6 Å². The topological polar surface area (TPSA) is 101 Å². The maximum atomic E-state index is 13.3. The van der Waals surface area contributed by atoms with E-state index in [1.807, 2.05) is 24.3 Å². The van der Waals surface area contributed by atoms with Crippen molar-refractivity contribution in [3.05, 3.63) is 103 Å². The number of aliphatic imine (C=N–C) groups is 1. The van der Waals surface area contributed by atoms with Gasteiger partial charge in [-0.25, -0.2) is 9.97 Å². The van der Waals surface area contributed by atoms with E-state index in [0.29, 0.717) is 29.1 Å².